The second-order valence-electron chi connectivity index (χ2n) is 8.29. The van der Waals surface area contributed by atoms with Crippen molar-refractivity contribution in [3.05, 3.63) is 102 Å². The predicted octanol–water partition coefficient (Wildman–Crippen LogP) is 6.40. The van der Waals surface area contributed by atoms with Crippen molar-refractivity contribution in [1.29, 1.82) is 0 Å². The number of ether oxygens (including phenoxy) is 1. The zero-order chi connectivity index (χ0) is 22.9. The lowest BCUT2D eigenvalue weighted by atomic mass is 9.96. The number of anilines is 1. The molecular formula is C28H29N3O2. The highest BCUT2D eigenvalue weighted by atomic mass is 16.5. The zero-order valence-electron chi connectivity index (χ0n) is 18.9. The summed E-state index contributed by atoms with van der Waals surface area (Å²) in [6.07, 6.45) is 5.46. The number of nitrogens with zero attached hydrogens (tertiary/aromatic N) is 2. The van der Waals surface area contributed by atoms with Gasteiger partial charge in [-0.15, -0.1) is 0 Å². The molecule has 0 atom stereocenters. The number of rotatable bonds is 6. The third-order valence-electron chi connectivity index (χ3n) is 5.67. The number of aliphatic imine (C=N–C) groups is 1. The minimum absolute atomic E-state index is 0.115. The third-order valence-corrected chi connectivity index (χ3v) is 5.67. The second-order valence-corrected chi connectivity index (χ2v) is 8.29. The van der Waals surface area contributed by atoms with Crippen molar-refractivity contribution in [1.82, 2.24) is 0 Å². The molecule has 33 heavy (non-hydrogen) atoms. The van der Waals surface area contributed by atoms with Crippen LogP contribution in [0.1, 0.15) is 53.6 Å². The maximum atomic E-state index is 13.0. The predicted molar refractivity (Wildman–Crippen MR) is 134 cm³/mol. The average Bonchev–Trinajstić information content (AvgIpc) is 2.87. The van der Waals surface area contributed by atoms with E-state index in [2.05, 4.69) is 10.5 Å². The minimum Gasteiger partial charge on any atom is -0.402 e. The van der Waals surface area contributed by atoms with Gasteiger partial charge in [-0.2, -0.15) is 5.10 Å². The van der Waals surface area contributed by atoms with E-state index in [1.165, 1.54) is 6.42 Å². The molecule has 3 aromatic carbocycles. The summed E-state index contributed by atoms with van der Waals surface area (Å²) >= 11 is 0. The van der Waals surface area contributed by atoms with Gasteiger partial charge >= 0.3 is 5.97 Å². The Kier molecular flexibility index (Phi) is 7.64. The van der Waals surface area contributed by atoms with Crippen LogP contribution >= 0.6 is 0 Å². The molecule has 3 aromatic rings. The Morgan fingerprint density at radius 2 is 1.45 bits per heavy atom. The van der Waals surface area contributed by atoms with Crippen molar-refractivity contribution in [2.75, 3.05) is 5.43 Å². The molecule has 0 aromatic heterocycles. The van der Waals surface area contributed by atoms with Crippen LogP contribution in [0.3, 0.4) is 0 Å². The molecule has 0 radical (unpaired) electrons. The van der Waals surface area contributed by atoms with Gasteiger partial charge in [0.2, 0.25) is 5.90 Å². The van der Waals surface area contributed by atoms with Gasteiger partial charge in [0.05, 0.1) is 17.3 Å². The summed E-state index contributed by atoms with van der Waals surface area (Å²) in [6, 6.07) is 26.8. The number of carbonyl (C=O) groups excluding carboxylic acids is 1. The fraction of sp³-hybridized carbons (Fsp3) is 0.250. The fourth-order valence-corrected chi connectivity index (χ4v) is 3.81. The van der Waals surface area contributed by atoms with Crippen LogP contribution < -0.4 is 5.43 Å². The van der Waals surface area contributed by atoms with Gasteiger partial charge in [0, 0.05) is 5.56 Å². The summed E-state index contributed by atoms with van der Waals surface area (Å²) in [5.74, 6) is -0.187. The maximum Gasteiger partial charge on any atom is 0.344 e. The first-order chi connectivity index (χ1) is 16.2. The molecule has 5 heteroatoms. The molecule has 0 aliphatic heterocycles. The van der Waals surface area contributed by atoms with Crippen molar-refractivity contribution in [2.45, 2.75) is 45.1 Å². The molecule has 1 fully saturated rings. The first-order valence-corrected chi connectivity index (χ1v) is 11.5. The largest absolute Gasteiger partial charge is 0.402 e. The quantitative estimate of drug-likeness (QED) is 0.209. The lowest BCUT2D eigenvalue weighted by Gasteiger charge is -2.20. The Morgan fingerprint density at radius 1 is 0.818 bits per heavy atom. The highest BCUT2D eigenvalue weighted by molar-refractivity contribution is 6.47. The molecule has 0 saturated heterocycles. The summed E-state index contributed by atoms with van der Waals surface area (Å²) in [7, 11) is 0. The van der Waals surface area contributed by atoms with Crippen LogP contribution in [0.15, 0.2) is 95.0 Å². The summed E-state index contributed by atoms with van der Waals surface area (Å²) in [5, 5.41) is 4.67. The van der Waals surface area contributed by atoms with Crippen molar-refractivity contribution in [2.24, 2.45) is 10.1 Å². The maximum absolute atomic E-state index is 13.0. The fourth-order valence-electron chi connectivity index (χ4n) is 3.81. The van der Waals surface area contributed by atoms with E-state index in [-0.39, 0.29) is 11.9 Å². The first-order valence-electron chi connectivity index (χ1n) is 11.5. The molecule has 0 amide bonds. The number of para-hydroxylation sites is 1. The first kappa shape index (κ1) is 22.5. The van der Waals surface area contributed by atoms with Crippen molar-refractivity contribution in [3.63, 3.8) is 0 Å². The van der Waals surface area contributed by atoms with E-state index in [0.717, 1.165) is 42.5 Å². The lowest BCUT2D eigenvalue weighted by Crippen LogP contribution is -2.26. The van der Waals surface area contributed by atoms with Gasteiger partial charge in [-0.1, -0.05) is 85.5 Å². The molecule has 4 rings (SSSR count). The van der Waals surface area contributed by atoms with Gasteiger partial charge in [-0.25, -0.2) is 9.79 Å². The van der Waals surface area contributed by atoms with E-state index >= 15 is 0 Å². The molecular weight excluding hydrogens is 410 g/mol. The SMILES string of the molecule is Cc1ccc(/C(=N/Nc2ccccc2)C(=NC2CCCCC2)OC(=O)c2ccccc2)cc1. The van der Waals surface area contributed by atoms with Crippen LogP contribution in [-0.2, 0) is 4.74 Å². The van der Waals surface area contributed by atoms with Gasteiger partial charge in [-0.05, 0) is 44.0 Å². The number of nitrogens with one attached hydrogen (secondary N) is 1. The van der Waals surface area contributed by atoms with E-state index in [1.807, 2.05) is 79.7 Å². The van der Waals surface area contributed by atoms with Crippen LogP contribution in [0, 0.1) is 6.92 Å². The summed E-state index contributed by atoms with van der Waals surface area (Å²) in [5.41, 5.74) is 6.91. The van der Waals surface area contributed by atoms with Crippen molar-refractivity contribution < 1.29 is 9.53 Å². The molecule has 5 nitrogen and oxygen atoms in total. The number of carbonyl (C=O) groups is 1. The number of aryl methyl sites for hydroxylation is 1. The third kappa shape index (κ3) is 6.39. The molecule has 1 saturated carbocycles. The molecule has 0 bridgehead atoms. The van der Waals surface area contributed by atoms with Crippen molar-refractivity contribution >= 4 is 23.3 Å². The molecule has 1 aliphatic rings. The summed E-state index contributed by atoms with van der Waals surface area (Å²) < 4.78 is 5.91. The van der Waals surface area contributed by atoms with E-state index < -0.39 is 5.97 Å². The minimum atomic E-state index is -0.440. The highest BCUT2D eigenvalue weighted by Crippen LogP contribution is 2.22. The van der Waals surface area contributed by atoms with E-state index in [1.54, 1.807) is 12.1 Å². The Bertz CT molecular complexity index is 1100. The Labute approximate surface area is 195 Å². The molecule has 1 aliphatic carbocycles. The molecule has 1 N–H and O–H groups in total. The highest BCUT2D eigenvalue weighted by Gasteiger charge is 2.22. The summed E-state index contributed by atoms with van der Waals surface area (Å²) in [6.45, 7) is 2.04. The standard InChI is InChI=1S/C28H29N3O2/c1-21-17-19-22(20-18-21)26(31-30-25-15-9-4-10-16-25)27(29-24-13-7-3-8-14-24)33-28(32)23-11-5-2-6-12-23/h2,4-6,9-12,15-20,24,30H,3,7-8,13-14H2,1H3/b29-27?,31-26-. The van der Waals surface area contributed by atoms with E-state index in [4.69, 9.17) is 9.73 Å². The van der Waals surface area contributed by atoms with Gasteiger partial charge < -0.3 is 4.74 Å². The number of hydrogen-bond donors (Lipinski definition) is 1. The lowest BCUT2D eigenvalue weighted by molar-refractivity contribution is 0.0720. The molecule has 0 heterocycles. The van der Waals surface area contributed by atoms with Crippen molar-refractivity contribution in [3.8, 4) is 0 Å². The number of esters is 1. The van der Waals surface area contributed by atoms with Crippen LogP contribution in [0.2, 0.25) is 0 Å². The van der Waals surface area contributed by atoms with Crippen LogP contribution in [0.5, 0.6) is 0 Å². The second kappa shape index (κ2) is 11.2. The smallest absolute Gasteiger partial charge is 0.344 e. The number of hydrogen-bond acceptors (Lipinski definition) is 5. The normalized spacial score (nSPS) is 15.2. The van der Waals surface area contributed by atoms with E-state index in [9.17, 15) is 4.79 Å². The van der Waals surface area contributed by atoms with E-state index in [0.29, 0.717) is 11.3 Å². The molecule has 0 spiro atoms. The van der Waals surface area contributed by atoms with Crippen LogP contribution in [0.25, 0.3) is 0 Å². The van der Waals surface area contributed by atoms with Gasteiger partial charge in [-0.3, -0.25) is 5.43 Å². The van der Waals surface area contributed by atoms with Crippen LogP contribution in [0.4, 0.5) is 5.69 Å². The average molecular weight is 440 g/mol. The van der Waals surface area contributed by atoms with Crippen LogP contribution in [-0.4, -0.2) is 23.6 Å². The molecule has 168 valence electrons. The molecule has 0 unspecified atom stereocenters. The van der Waals surface area contributed by atoms with Gasteiger partial charge in [0.25, 0.3) is 0 Å². The number of hydrazone groups is 1. The van der Waals surface area contributed by atoms with Gasteiger partial charge in [0.15, 0.2) is 5.71 Å². The Balaban J connectivity index is 1.72. The topological polar surface area (TPSA) is 63.1 Å². The zero-order valence-corrected chi connectivity index (χ0v) is 18.9. The summed E-state index contributed by atoms with van der Waals surface area (Å²) in [4.78, 5) is 17.9. The Morgan fingerprint density at radius 3 is 2.12 bits per heavy atom. The van der Waals surface area contributed by atoms with Gasteiger partial charge in [0.1, 0.15) is 0 Å². The monoisotopic (exact) mass is 439 g/mol. The Hall–Kier alpha value is -3.73. The number of benzene rings is 3.